The Morgan fingerprint density at radius 1 is 1.47 bits per heavy atom. The van der Waals surface area contributed by atoms with Crippen molar-refractivity contribution in [3.8, 4) is 5.75 Å². The highest BCUT2D eigenvalue weighted by Gasteiger charge is 2.35. The van der Waals surface area contributed by atoms with Crippen LogP contribution in [0, 0.1) is 5.41 Å². The van der Waals surface area contributed by atoms with Crippen molar-refractivity contribution in [1.29, 1.82) is 0 Å². The smallest absolute Gasteiger partial charge is 0.203 e. The van der Waals surface area contributed by atoms with Gasteiger partial charge in [-0.05, 0) is 24.7 Å². The molecule has 1 aromatic heterocycles. The van der Waals surface area contributed by atoms with Gasteiger partial charge in [-0.15, -0.1) is 0 Å². The van der Waals surface area contributed by atoms with Gasteiger partial charge in [0.1, 0.15) is 6.33 Å². The van der Waals surface area contributed by atoms with Gasteiger partial charge in [0.05, 0.1) is 7.11 Å². The maximum Gasteiger partial charge on any atom is 0.203 e. The van der Waals surface area contributed by atoms with Crippen LogP contribution in [0.2, 0.25) is 0 Å². The Hall–Kier alpha value is -1.52. The zero-order chi connectivity index (χ0) is 12.3. The van der Waals surface area contributed by atoms with Crippen molar-refractivity contribution in [3.63, 3.8) is 0 Å². The second-order valence-corrected chi connectivity index (χ2v) is 4.70. The molecule has 1 aliphatic carbocycles. The molecule has 0 atom stereocenters. The molecule has 1 saturated carbocycles. The van der Waals surface area contributed by atoms with Crippen LogP contribution in [0.4, 0.5) is 11.6 Å². The summed E-state index contributed by atoms with van der Waals surface area (Å²) in [5, 5.41) is 3.34. The van der Waals surface area contributed by atoms with Crippen LogP contribution in [0.1, 0.15) is 32.6 Å². The molecular weight excluding hydrogens is 216 g/mol. The number of ether oxygens (including phenoxy) is 1. The number of nitrogens with two attached hydrogens (primary N) is 1. The summed E-state index contributed by atoms with van der Waals surface area (Å²) in [6.45, 7) is 3.17. The molecule has 5 nitrogen and oxygen atoms in total. The molecule has 2 rings (SSSR count). The number of nitrogen functional groups attached to an aromatic ring is 1. The summed E-state index contributed by atoms with van der Waals surface area (Å²) in [5.74, 6) is 1.61. The van der Waals surface area contributed by atoms with Crippen molar-refractivity contribution in [1.82, 2.24) is 9.97 Å². The number of rotatable bonds is 5. The van der Waals surface area contributed by atoms with Gasteiger partial charge in [0.15, 0.2) is 11.6 Å². The van der Waals surface area contributed by atoms with Crippen molar-refractivity contribution in [2.45, 2.75) is 32.6 Å². The number of nitrogens with zero attached hydrogens (tertiary/aromatic N) is 2. The Morgan fingerprint density at radius 2 is 2.24 bits per heavy atom. The van der Waals surface area contributed by atoms with Crippen LogP contribution in [-0.2, 0) is 0 Å². The quantitative estimate of drug-likeness (QED) is 0.818. The lowest BCUT2D eigenvalue weighted by Crippen LogP contribution is -2.36. The summed E-state index contributed by atoms with van der Waals surface area (Å²) in [5.41, 5.74) is 6.17. The van der Waals surface area contributed by atoms with E-state index in [1.807, 2.05) is 0 Å². The van der Waals surface area contributed by atoms with Gasteiger partial charge in [0.25, 0.3) is 0 Å². The minimum atomic E-state index is 0.379. The molecule has 0 unspecified atom stereocenters. The Kier molecular flexibility index (Phi) is 3.36. The lowest BCUT2D eigenvalue weighted by molar-refractivity contribution is 0.144. The average Bonchev–Trinajstić information content (AvgIpc) is 2.28. The van der Waals surface area contributed by atoms with Gasteiger partial charge >= 0.3 is 0 Å². The topological polar surface area (TPSA) is 73.1 Å². The van der Waals surface area contributed by atoms with E-state index < -0.39 is 0 Å². The minimum absolute atomic E-state index is 0.379. The number of anilines is 2. The molecule has 0 spiro atoms. The fourth-order valence-corrected chi connectivity index (χ4v) is 2.32. The number of aromatic nitrogens is 2. The van der Waals surface area contributed by atoms with Gasteiger partial charge in [0.2, 0.25) is 5.75 Å². The fraction of sp³-hybridized carbons (Fsp3) is 0.667. The van der Waals surface area contributed by atoms with Crippen LogP contribution in [0.3, 0.4) is 0 Å². The first kappa shape index (κ1) is 12.0. The molecule has 94 valence electrons. The molecule has 0 bridgehead atoms. The molecule has 3 N–H and O–H groups in total. The van der Waals surface area contributed by atoms with E-state index in [9.17, 15) is 0 Å². The van der Waals surface area contributed by atoms with E-state index in [2.05, 4.69) is 22.2 Å². The fourth-order valence-electron chi connectivity index (χ4n) is 2.32. The van der Waals surface area contributed by atoms with E-state index in [1.54, 1.807) is 7.11 Å². The predicted molar refractivity (Wildman–Crippen MR) is 68.1 cm³/mol. The zero-order valence-electron chi connectivity index (χ0n) is 10.5. The van der Waals surface area contributed by atoms with Crippen LogP contribution in [0.5, 0.6) is 5.75 Å². The monoisotopic (exact) mass is 236 g/mol. The third-order valence-electron chi connectivity index (χ3n) is 3.83. The van der Waals surface area contributed by atoms with Crippen molar-refractivity contribution in [3.05, 3.63) is 6.33 Å². The van der Waals surface area contributed by atoms with Gasteiger partial charge in [-0.1, -0.05) is 13.3 Å². The van der Waals surface area contributed by atoms with Crippen molar-refractivity contribution in [2.75, 3.05) is 24.7 Å². The highest BCUT2D eigenvalue weighted by Crippen LogP contribution is 2.44. The van der Waals surface area contributed by atoms with Gasteiger partial charge in [-0.25, -0.2) is 9.97 Å². The SMILES string of the molecule is CCC1(CNc2ncnc(N)c2OC)CCC1. The molecule has 0 amide bonds. The van der Waals surface area contributed by atoms with Crippen LogP contribution < -0.4 is 15.8 Å². The summed E-state index contributed by atoms with van der Waals surface area (Å²) in [4.78, 5) is 8.09. The number of hydrogen-bond donors (Lipinski definition) is 2. The summed E-state index contributed by atoms with van der Waals surface area (Å²) in [7, 11) is 1.58. The molecule has 0 aliphatic heterocycles. The molecule has 0 aromatic carbocycles. The third kappa shape index (κ3) is 2.28. The molecule has 1 heterocycles. The van der Waals surface area contributed by atoms with Gasteiger partial charge in [0, 0.05) is 6.54 Å². The van der Waals surface area contributed by atoms with Crippen LogP contribution >= 0.6 is 0 Å². The molecule has 1 fully saturated rings. The summed E-state index contributed by atoms with van der Waals surface area (Å²) < 4.78 is 5.21. The second-order valence-electron chi connectivity index (χ2n) is 4.70. The molecular formula is C12H20N4O. The molecule has 5 heteroatoms. The van der Waals surface area contributed by atoms with E-state index in [0.29, 0.717) is 22.8 Å². The van der Waals surface area contributed by atoms with Crippen LogP contribution in [0.25, 0.3) is 0 Å². The van der Waals surface area contributed by atoms with Crippen LogP contribution in [-0.4, -0.2) is 23.6 Å². The van der Waals surface area contributed by atoms with Crippen molar-refractivity contribution >= 4 is 11.6 Å². The van der Waals surface area contributed by atoms with Gasteiger partial charge < -0.3 is 15.8 Å². The molecule has 1 aliphatic rings. The molecule has 1 aromatic rings. The highest BCUT2D eigenvalue weighted by atomic mass is 16.5. The Labute approximate surface area is 102 Å². The van der Waals surface area contributed by atoms with Crippen molar-refractivity contribution in [2.24, 2.45) is 5.41 Å². The van der Waals surface area contributed by atoms with E-state index in [-0.39, 0.29) is 0 Å². The normalized spacial score (nSPS) is 17.3. The molecule has 17 heavy (non-hydrogen) atoms. The summed E-state index contributed by atoms with van der Waals surface area (Å²) >= 11 is 0. The average molecular weight is 236 g/mol. The maximum atomic E-state index is 5.73. The second kappa shape index (κ2) is 4.77. The first-order valence-corrected chi connectivity index (χ1v) is 6.09. The largest absolute Gasteiger partial charge is 0.490 e. The maximum absolute atomic E-state index is 5.73. The van der Waals surface area contributed by atoms with Crippen molar-refractivity contribution < 1.29 is 4.74 Å². The van der Waals surface area contributed by atoms with E-state index in [1.165, 1.54) is 32.0 Å². The minimum Gasteiger partial charge on any atom is -0.490 e. The van der Waals surface area contributed by atoms with E-state index in [0.717, 1.165) is 6.54 Å². The first-order chi connectivity index (χ1) is 8.21. The van der Waals surface area contributed by atoms with Gasteiger partial charge in [-0.3, -0.25) is 0 Å². The first-order valence-electron chi connectivity index (χ1n) is 6.09. The lowest BCUT2D eigenvalue weighted by Gasteiger charge is -2.41. The van der Waals surface area contributed by atoms with E-state index >= 15 is 0 Å². The number of methoxy groups -OCH3 is 1. The zero-order valence-corrected chi connectivity index (χ0v) is 10.5. The molecule has 0 radical (unpaired) electrons. The molecule has 0 saturated heterocycles. The predicted octanol–water partition coefficient (Wildman–Crippen LogP) is 2.06. The summed E-state index contributed by atoms with van der Waals surface area (Å²) in [6, 6.07) is 0. The van der Waals surface area contributed by atoms with Crippen LogP contribution in [0.15, 0.2) is 6.33 Å². The summed E-state index contributed by atoms with van der Waals surface area (Å²) in [6.07, 6.45) is 6.57. The number of nitrogens with one attached hydrogen (secondary N) is 1. The lowest BCUT2D eigenvalue weighted by atomic mass is 9.67. The van der Waals surface area contributed by atoms with E-state index in [4.69, 9.17) is 10.5 Å². The Balaban J connectivity index is 2.06. The highest BCUT2D eigenvalue weighted by molar-refractivity contribution is 5.61. The standard InChI is InChI=1S/C12H20N4O/c1-3-12(5-4-6-12)7-14-11-9(17-2)10(13)15-8-16-11/h8H,3-7H2,1-2H3,(H3,13,14,15,16). The third-order valence-corrected chi connectivity index (χ3v) is 3.83. The Bertz CT molecular complexity index is 385. The Morgan fingerprint density at radius 3 is 2.76 bits per heavy atom. The van der Waals surface area contributed by atoms with Gasteiger partial charge in [-0.2, -0.15) is 0 Å². The number of hydrogen-bond acceptors (Lipinski definition) is 5.